The van der Waals surface area contributed by atoms with Crippen molar-refractivity contribution in [2.45, 2.75) is 19.0 Å². The van der Waals surface area contributed by atoms with Gasteiger partial charge in [0.1, 0.15) is 23.3 Å². The Kier molecular flexibility index (Phi) is 3.89. The summed E-state index contributed by atoms with van der Waals surface area (Å²) in [7, 11) is 0. The molecule has 3 aromatic rings. The van der Waals surface area contributed by atoms with Gasteiger partial charge in [-0.3, -0.25) is 4.98 Å². The first-order valence-corrected chi connectivity index (χ1v) is 8.41. The average molecular weight is 351 g/mol. The molecule has 0 saturated carbocycles. The number of thiocarbonyl (C=S) groups is 1. The van der Waals surface area contributed by atoms with Gasteiger partial charge in [0.2, 0.25) is 0 Å². The zero-order chi connectivity index (χ0) is 17.4. The summed E-state index contributed by atoms with van der Waals surface area (Å²) < 4.78 is 5.91. The minimum Gasteiger partial charge on any atom is -0.506 e. The number of nitrogens with one attached hydrogen (secondary N) is 1. The van der Waals surface area contributed by atoms with Gasteiger partial charge in [-0.1, -0.05) is 18.2 Å². The molecule has 1 fully saturated rings. The van der Waals surface area contributed by atoms with Gasteiger partial charge in [-0.15, -0.1) is 0 Å². The molecule has 2 aromatic heterocycles. The summed E-state index contributed by atoms with van der Waals surface area (Å²) in [5.41, 5.74) is 1.50. The molecular weight excluding hydrogens is 334 g/mol. The van der Waals surface area contributed by atoms with Gasteiger partial charge in [0.05, 0.1) is 17.4 Å². The predicted molar refractivity (Wildman–Crippen MR) is 99.5 cm³/mol. The van der Waals surface area contributed by atoms with Gasteiger partial charge in [0.25, 0.3) is 0 Å². The molecule has 2 N–H and O–H groups in total. The van der Waals surface area contributed by atoms with Gasteiger partial charge >= 0.3 is 0 Å². The second-order valence-electron chi connectivity index (χ2n) is 5.93. The third-order valence-electron chi connectivity index (χ3n) is 4.29. The number of benzene rings is 1. The molecule has 0 aliphatic carbocycles. The maximum Gasteiger partial charge on any atom is 0.174 e. The Morgan fingerprint density at radius 1 is 1.12 bits per heavy atom. The monoisotopic (exact) mass is 351 g/mol. The van der Waals surface area contributed by atoms with Crippen molar-refractivity contribution < 1.29 is 9.52 Å². The van der Waals surface area contributed by atoms with Crippen molar-refractivity contribution in [2.24, 2.45) is 0 Å². The molecule has 25 heavy (non-hydrogen) atoms. The fourth-order valence-electron chi connectivity index (χ4n) is 3.18. The number of aromatic hydroxyl groups is 1. The van der Waals surface area contributed by atoms with E-state index in [-0.39, 0.29) is 17.8 Å². The molecule has 1 saturated heterocycles. The molecule has 6 heteroatoms. The molecule has 0 unspecified atom stereocenters. The molecule has 0 spiro atoms. The van der Waals surface area contributed by atoms with E-state index in [4.69, 9.17) is 16.6 Å². The fraction of sp³-hybridized carbons (Fsp3) is 0.158. The van der Waals surface area contributed by atoms with Crippen LogP contribution in [0.15, 0.2) is 65.2 Å². The molecule has 1 aliphatic heterocycles. The van der Waals surface area contributed by atoms with E-state index in [0.29, 0.717) is 10.8 Å². The number of rotatable bonds is 3. The second kappa shape index (κ2) is 6.22. The predicted octanol–water partition coefficient (Wildman–Crippen LogP) is 3.87. The maximum absolute atomic E-state index is 10.3. The van der Waals surface area contributed by atoms with Crippen LogP contribution in [-0.2, 0) is 0 Å². The molecule has 3 heterocycles. The molecule has 5 nitrogen and oxygen atoms in total. The summed E-state index contributed by atoms with van der Waals surface area (Å²) in [6, 6.07) is 16.4. The Hall–Kier alpha value is -2.86. The molecular formula is C19H17N3O2S. The summed E-state index contributed by atoms with van der Waals surface area (Å²) >= 11 is 5.58. The Morgan fingerprint density at radius 3 is 2.60 bits per heavy atom. The topological polar surface area (TPSA) is 61.5 Å². The third-order valence-corrected chi connectivity index (χ3v) is 4.61. The number of aromatic nitrogens is 1. The standard InChI is InChI=1S/C19H17N3O2S/c1-12-9-10-16(24-12)18-17(13-6-4-5-11-20-13)21-19(25)22(18)14-7-2-3-8-15(14)23/h2-11,17-18,23H,1H3,(H,21,25)/t17-,18+/m0/s1. The van der Waals surface area contributed by atoms with Crippen LogP contribution in [0.4, 0.5) is 5.69 Å². The van der Waals surface area contributed by atoms with Crippen LogP contribution in [-0.4, -0.2) is 15.2 Å². The number of phenols is 1. The number of pyridine rings is 1. The lowest BCUT2D eigenvalue weighted by Gasteiger charge is -2.26. The van der Waals surface area contributed by atoms with Crippen LogP contribution >= 0.6 is 12.2 Å². The van der Waals surface area contributed by atoms with E-state index in [0.717, 1.165) is 17.2 Å². The van der Waals surface area contributed by atoms with Crippen LogP contribution in [0.2, 0.25) is 0 Å². The zero-order valence-electron chi connectivity index (χ0n) is 13.6. The Labute approximate surface area is 150 Å². The van der Waals surface area contributed by atoms with E-state index < -0.39 is 0 Å². The largest absolute Gasteiger partial charge is 0.506 e. The van der Waals surface area contributed by atoms with E-state index >= 15 is 0 Å². The summed E-state index contributed by atoms with van der Waals surface area (Å²) in [4.78, 5) is 6.37. The van der Waals surface area contributed by atoms with E-state index in [2.05, 4.69) is 10.3 Å². The number of furan rings is 1. The van der Waals surface area contributed by atoms with Gasteiger partial charge in [0, 0.05) is 6.20 Å². The minimum atomic E-state index is -0.246. The van der Waals surface area contributed by atoms with Crippen LogP contribution < -0.4 is 10.2 Å². The van der Waals surface area contributed by atoms with E-state index in [1.807, 2.05) is 54.3 Å². The lowest BCUT2D eigenvalue weighted by atomic mass is 10.0. The molecule has 1 aromatic carbocycles. The van der Waals surface area contributed by atoms with Crippen molar-refractivity contribution in [2.75, 3.05) is 4.90 Å². The average Bonchev–Trinajstić information content (AvgIpc) is 3.19. The second-order valence-corrected chi connectivity index (χ2v) is 6.32. The Morgan fingerprint density at radius 2 is 1.92 bits per heavy atom. The number of hydrogen-bond acceptors (Lipinski definition) is 4. The number of phenolic OH excluding ortho intramolecular Hbond substituents is 1. The van der Waals surface area contributed by atoms with Crippen molar-refractivity contribution in [3.05, 3.63) is 78.0 Å². The minimum absolute atomic E-state index is 0.168. The van der Waals surface area contributed by atoms with E-state index in [9.17, 15) is 5.11 Å². The number of para-hydroxylation sites is 2. The van der Waals surface area contributed by atoms with Crippen LogP contribution in [0, 0.1) is 6.92 Å². The molecule has 1 aliphatic rings. The molecule has 126 valence electrons. The van der Waals surface area contributed by atoms with Crippen molar-refractivity contribution in [3.8, 4) is 5.75 Å². The first kappa shape index (κ1) is 15.7. The van der Waals surface area contributed by atoms with Crippen LogP contribution in [0.1, 0.15) is 29.3 Å². The lowest BCUT2D eigenvalue weighted by Crippen LogP contribution is -2.29. The number of anilines is 1. The lowest BCUT2D eigenvalue weighted by molar-refractivity contribution is 0.415. The molecule has 4 rings (SSSR count). The summed E-state index contributed by atoms with van der Waals surface area (Å²) in [6.45, 7) is 1.91. The highest BCUT2D eigenvalue weighted by Crippen LogP contribution is 2.44. The highest BCUT2D eigenvalue weighted by atomic mass is 32.1. The van der Waals surface area contributed by atoms with Gasteiger partial charge in [-0.25, -0.2) is 0 Å². The summed E-state index contributed by atoms with van der Waals surface area (Å²) in [6.07, 6.45) is 1.76. The van der Waals surface area contributed by atoms with Crippen LogP contribution in [0.25, 0.3) is 0 Å². The van der Waals surface area contributed by atoms with Gasteiger partial charge in [-0.2, -0.15) is 0 Å². The smallest absolute Gasteiger partial charge is 0.174 e. The Balaban J connectivity index is 1.85. The van der Waals surface area contributed by atoms with Crippen molar-refractivity contribution >= 4 is 23.0 Å². The highest BCUT2D eigenvalue weighted by molar-refractivity contribution is 7.80. The summed E-state index contributed by atoms with van der Waals surface area (Å²) in [5, 5.41) is 14.2. The van der Waals surface area contributed by atoms with Crippen molar-refractivity contribution in [3.63, 3.8) is 0 Å². The molecule has 2 atom stereocenters. The maximum atomic E-state index is 10.3. The van der Waals surface area contributed by atoms with Gasteiger partial charge < -0.3 is 19.7 Å². The van der Waals surface area contributed by atoms with Crippen molar-refractivity contribution in [1.29, 1.82) is 0 Å². The zero-order valence-corrected chi connectivity index (χ0v) is 14.4. The van der Waals surface area contributed by atoms with Gasteiger partial charge in [0.15, 0.2) is 5.11 Å². The van der Waals surface area contributed by atoms with Crippen molar-refractivity contribution in [1.82, 2.24) is 10.3 Å². The third kappa shape index (κ3) is 2.74. The van der Waals surface area contributed by atoms with Crippen LogP contribution in [0.5, 0.6) is 5.75 Å². The quantitative estimate of drug-likeness (QED) is 0.699. The first-order chi connectivity index (χ1) is 12.1. The van der Waals surface area contributed by atoms with Crippen LogP contribution in [0.3, 0.4) is 0 Å². The van der Waals surface area contributed by atoms with E-state index in [1.165, 1.54) is 0 Å². The SMILES string of the molecule is Cc1ccc([C@@H]2[C@H](c3ccccn3)NC(=S)N2c2ccccc2O)o1. The first-order valence-electron chi connectivity index (χ1n) is 8.00. The fourth-order valence-corrected chi connectivity index (χ4v) is 3.52. The molecule has 0 radical (unpaired) electrons. The normalized spacial score (nSPS) is 19.9. The molecule has 0 bridgehead atoms. The molecule has 0 amide bonds. The Bertz CT molecular complexity index is 910. The highest BCUT2D eigenvalue weighted by Gasteiger charge is 2.43. The number of aryl methyl sites for hydroxylation is 1. The number of hydrogen-bond donors (Lipinski definition) is 2. The van der Waals surface area contributed by atoms with E-state index in [1.54, 1.807) is 18.3 Å². The van der Waals surface area contributed by atoms with Gasteiger partial charge in [-0.05, 0) is 55.5 Å². The summed E-state index contributed by atoms with van der Waals surface area (Å²) in [5.74, 6) is 1.76. The number of nitrogens with zero attached hydrogens (tertiary/aromatic N) is 2.